The molecule has 0 saturated carbocycles. The number of nitrogens with zero attached hydrogens (tertiary/aromatic N) is 1. The van der Waals surface area contributed by atoms with Crippen molar-refractivity contribution in [2.24, 2.45) is 0 Å². The minimum Gasteiger partial charge on any atom is -0.508 e. The summed E-state index contributed by atoms with van der Waals surface area (Å²) in [5.74, 6) is 0.205. The number of sulfonamides is 1. The molecule has 2 rings (SSSR count). The van der Waals surface area contributed by atoms with Crippen LogP contribution in [-0.4, -0.2) is 24.9 Å². The van der Waals surface area contributed by atoms with E-state index < -0.39 is 10.0 Å². The van der Waals surface area contributed by atoms with Gasteiger partial charge in [0.05, 0.1) is 18.5 Å². The van der Waals surface area contributed by atoms with Gasteiger partial charge in [0.25, 0.3) is 0 Å². The van der Waals surface area contributed by atoms with Crippen LogP contribution in [0.1, 0.15) is 5.56 Å². The Balaban J connectivity index is 2.34. The Kier molecular flexibility index (Phi) is 3.85. The molecule has 0 amide bonds. The van der Waals surface area contributed by atoms with Crippen molar-refractivity contribution in [2.75, 3.05) is 10.6 Å². The van der Waals surface area contributed by atoms with Gasteiger partial charge in [-0.2, -0.15) is 0 Å². The lowest BCUT2D eigenvalue weighted by atomic mass is 10.2. The van der Waals surface area contributed by atoms with Crippen LogP contribution >= 0.6 is 0 Å². The second kappa shape index (κ2) is 5.42. The standard InChI is InChI=1S/C14H15NO4S/c1-20(18,19)15(12-4-8-14(17)9-5-12)10-11-2-6-13(16)7-3-11/h2-9,16-17H,10H2,1H3. The number of phenols is 2. The van der Waals surface area contributed by atoms with E-state index in [2.05, 4.69) is 0 Å². The van der Waals surface area contributed by atoms with E-state index in [4.69, 9.17) is 0 Å². The molecule has 0 radical (unpaired) electrons. The van der Waals surface area contributed by atoms with Crippen LogP contribution in [0.3, 0.4) is 0 Å². The maximum Gasteiger partial charge on any atom is 0.232 e. The summed E-state index contributed by atoms with van der Waals surface area (Å²) in [6.07, 6.45) is 1.13. The fourth-order valence-corrected chi connectivity index (χ4v) is 2.67. The number of hydrogen-bond donors (Lipinski definition) is 2. The molecule has 5 nitrogen and oxygen atoms in total. The van der Waals surface area contributed by atoms with Gasteiger partial charge >= 0.3 is 0 Å². The molecule has 0 aliphatic carbocycles. The van der Waals surface area contributed by atoms with Crippen molar-refractivity contribution < 1.29 is 18.6 Å². The fraction of sp³-hybridized carbons (Fsp3) is 0.143. The van der Waals surface area contributed by atoms with Gasteiger partial charge < -0.3 is 10.2 Å². The summed E-state index contributed by atoms with van der Waals surface area (Å²) in [6.45, 7) is 0.157. The molecule has 0 saturated heterocycles. The fourth-order valence-electron chi connectivity index (χ4n) is 1.79. The molecule has 0 unspecified atom stereocenters. The third-order valence-corrected chi connectivity index (χ3v) is 3.94. The summed E-state index contributed by atoms with van der Waals surface area (Å²) in [5, 5.41) is 18.5. The van der Waals surface area contributed by atoms with E-state index >= 15 is 0 Å². The van der Waals surface area contributed by atoms with Gasteiger partial charge in [0.1, 0.15) is 11.5 Å². The van der Waals surface area contributed by atoms with Crippen LogP contribution in [0.4, 0.5) is 5.69 Å². The Morgan fingerprint density at radius 2 is 1.35 bits per heavy atom. The van der Waals surface area contributed by atoms with E-state index in [1.807, 2.05) is 0 Å². The predicted octanol–water partition coefficient (Wildman–Crippen LogP) is 2.06. The van der Waals surface area contributed by atoms with E-state index in [0.717, 1.165) is 11.8 Å². The van der Waals surface area contributed by atoms with Gasteiger partial charge in [0, 0.05) is 0 Å². The Morgan fingerprint density at radius 3 is 1.80 bits per heavy atom. The largest absolute Gasteiger partial charge is 0.508 e. The SMILES string of the molecule is CS(=O)(=O)N(Cc1ccc(O)cc1)c1ccc(O)cc1. The normalized spacial score (nSPS) is 11.2. The molecular weight excluding hydrogens is 278 g/mol. The lowest BCUT2D eigenvalue weighted by Gasteiger charge is -2.22. The highest BCUT2D eigenvalue weighted by molar-refractivity contribution is 7.92. The number of hydrogen-bond acceptors (Lipinski definition) is 4. The topological polar surface area (TPSA) is 77.8 Å². The molecule has 106 valence electrons. The first kappa shape index (κ1) is 14.2. The third-order valence-electron chi connectivity index (χ3n) is 2.80. The van der Waals surface area contributed by atoms with E-state index in [9.17, 15) is 18.6 Å². The zero-order valence-electron chi connectivity index (χ0n) is 10.9. The van der Waals surface area contributed by atoms with E-state index in [1.54, 1.807) is 12.1 Å². The van der Waals surface area contributed by atoms with Gasteiger partial charge in [0.15, 0.2) is 0 Å². The summed E-state index contributed by atoms with van der Waals surface area (Å²) < 4.78 is 25.0. The van der Waals surface area contributed by atoms with Crippen molar-refractivity contribution in [1.82, 2.24) is 0 Å². The third kappa shape index (κ3) is 3.42. The van der Waals surface area contributed by atoms with E-state index in [0.29, 0.717) is 5.69 Å². The van der Waals surface area contributed by atoms with Crippen molar-refractivity contribution >= 4 is 15.7 Å². The van der Waals surface area contributed by atoms with Crippen LogP contribution in [0.5, 0.6) is 11.5 Å². The second-order valence-corrected chi connectivity index (χ2v) is 6.36. The van der Waals surface area contributed by atoms with Gasteiger partial charge in [-0.15, -0.1) is 0 Å². The number of aromatic hydroxyl groups is 2. The summed E-state index contributed by atoms with van der Waals surface area (Å²) >= 11 is 0. The Bertz CT molecular complexity index is 678. The Hall–Kier alpha value is -2.21. The van der Waals surface area contributed by atoms with Crippen molar-refractivity contribution in [3.8, 4) is 11.5 Å². The molecule has 0 heterocycles. The smallest absolute Gasteiger partial charge is 0.232 e. The van der Waals surface area contributed by atoms with Crippen LogP contribution < -0.4 is 4.31 Å². The zero-order chi connectivity index (χ0) is 14.8. The van der Waals surface area contributed by atoms with Crippen LogP contribution in [-0.2, 0) is 16.6 Å². The van der Waals surface area contributed by atoms with Gasteiger partial charge in [0.2, 0.25) is 10.0 Å². The van der Waals surface area contributed by atoms with E-state index in [-0.39, 0.29) is 18.0 Å². The second-order valence-electron chi connectivity index (χ2n) is 4.45. The maximum absolute atomic E-state index is 11.9. The highest BCUT2D eigenvalue weighted by atomic mass is 32.2. The summed E-state index contributed by atoms with van der Waals surface area (Å²) in [6, 6.07) is 12.3. The first-order valence-electron chi connectivity index (χ1n) is 5.91. The molecule has 20 heavy (non-hydrogen) atoms. The molecule has 0 atom stereocenters. The number of phenolic OH excluding ortho intramolecular Hbond substituents is 2. The van der Waals surface area contributed by atoms with E-state index in [1.165, 1.54) is 40.7 Å². The summed E-state index contributed by atoms with van der Waals surface area (Å²) in [4.78, 5) is 0. The van der Waals surface area contributed by atoms with Gasteiger partial charge in [-0.1, -0.05) is 12.1 Å². The highest BCUT2D eigenvalue weighted by Gasteiger charge is 2.17. The van der Waals surface area contributed by atoms with Crippen molar-refractivity contribution in [1.29, 1.82) is 0 Å². The quantitative estimate of drug-likeness (QED) is 0.904. The molecule has 0 aromatic heterocycles. The van der Waals surface area contributed by atoms with Crippen LogP contribution in [0.25, 0.3) is 0 Å². The van der Waals surface area contributed by atoms with Crippen molar-refractivity contribution in [2.45, 2.75) is 6.54 Å². The predicted molar refractivity (Wildman–Crippen MR) is 77.2 cm³/mol. The van der Waals surface area contributed by atoms with Crippen molar-refractivity contribution in [3.05, 3.63) is 54.1 Å². The lowest BCUT2D eigenvalue weighted by molar-refractivity contribution is 0.474. The lowest BCUT2D eigenvalue weighted by Crippen LogP contribution is -2.29. The number of rotatable bonds is 4. The molecule has 0 spiro atoms. The monoisotopic (exact) mass is 293 g/mol. The molecule has 2 N–H and O–H groups in total. The molecule has 2 aromatic carbocycles. The van der Waals surface area contributed by atoms with Crippen LogP contribution in [0.15, 0.2) is 48.5 Å². The Labute approximate surface area is 117 Å². The Morgan fingerprint density at radius 1 is 0.900 bits per heavy atom. The molecule has 0 fully saturated rings. The van der Waals surface area contributed by atoms with Crippen molar-refractivity contribution in [3.63, 3.8) is 0 Å². The number of benzene rings is 2. The average molecular weight is 293 g/mol. The molecule has 6 heteroatoms. The number of anilines is 1. The summed E-state index contributed by atoms with van der Waals surface area (Å²) in [5.41, 5.74) is 1.22. The van der Waals surface area contributed by atoms with Gasteiger partial charge in [-0.05, 0) is 42.0 Å². The maximum atomic E-state index is 11.9. The first-order valence-corrected chi connectivity index (χ1v) is 7.76. The molecule has 0 aliphatic heterocycles. The molecule has 2 aromatic rings. The minimum absolute atomic E-state index is 0.0758. The molecular formula is C14H15NO4S. The van der Waals surface area contributed by atoms with Gasteiger partial charge in [-0.3, -0.25) is 4.31 Å². The zero-order valence-corrected chi connectivity index (χ0v) is 11.7. The molecule has 0 aliphatic rings. The highest BCUT2D eigenvalue weighted by Crippen LogP contribution is 2.23. The molecule has 0 bridgehead atoms. The average Bonchev–Trinajstić information content (AvgIpc) is 2.38. The van der Waals surface area contributed by atoms with Crippen LogP contribution in [0, 0.1) is 0 Å². The summed E-state index contributed by atoms with van der Waals surface area (Å²) in [7, 11) is -3.45. The first-order chi connectivity index (χ1) is 9.36. The van der Waals surface area contributed by atoms with Gasteiger partial charge in [-0.25, -0.2) is 8.42 Å². The minimum atomic E-state index is -3.45. The van der Waals surface area contributed by atoms with Crippen LogP contribution in [0.2, 0.25) is 0 Å².